The predicted molar refractivity (Wildman–Crippen MR) is 102 cm³/mol. The average molecular weight is 367 g/mol. The molecule has 0 radical (unpaired) electrons. The number of carbonyl (C=O) groups is 2. The van der Waals surface area contributed by atoms with Gasteiger partial charge in [0.2, 0.25) is 11.8 Å². The van der Waals surface area contributed by atoms with Crippen LogP contribution in [0.2, 0.25) is 0 Å². The Labute approximate surface area is 158 Å². The number of piperazine rings is 1. The Bertz CT molecular complexity index is 820. The molecule has 2 amide bonds. The van der Waals surface area contributed by atoms with Crippen LogP contribution in [0, 0.1) is 5.92 Å². The zero-order chi connectivity index (χ0) is 18.8. The lowest BCUT2D eigenvalue weighted by Crippen LogP contribution is -2.49. The van der Waals surface area contributed by atoms with Gasteiger partial charge in [-0.1, -0.05) is 18.2 Å². The molecule has 1 aromatic heterocycles. The lowest BCUT2D eigenvalue weighted by Gasteiger charge is -2.38. The van der Waals surface area contributed by atoms with Crippen LogP contribution < -0.4 is 5.32 Å². The molecule has 1 saturated heterocycles. The first-order valence-electron chi connectivity index (χ1n) is 9.48. The van der Waals surface area contributed by atoms with Gasteiger partial charge in [-0.2, -0.15) is 0 Å². The fraction of sp³-hybridized carbons (Fsp3) is 0.450. The number of rotatable bonds is 4. The van der Waals surface area contributed by atoms with Crippen LogP contribution >= 0.6 is 0 Å². The van der Waals surface area contributed by atoms with Crippen LogP contribution in [0.5, 0.6) is 0 Å². The van der Waals surface area contributed by atoms with Crippen LogP contribution in [0.25, 0.3) is 0 Å². The highest BCUT2D eigenvalue weighted by molar-refractivity contribution is 5.96. The number of hydrogen-bond donors (Lipinski definition) is 2. The van der Waals surface area contributed by atoms with Gasteiger partial charge in [-0.25, -0.2) is 4.98 Å². The summed E-state index contributed by atoms with van der Waals surface area (Å²) in [6.45, 7) is 2.16. The third kappa shape index (κ3) is 3.73. The number of para-hydroxylation sites is 1. The minimum absolute atomic E-state index is 0.0216. The standard InChI is InChI=1S/C20H25N5O2/c1-24-10-11-25(13-17(24)19-21-8-9-22-19)18(26)7-6-15-12-14-4-2-3-5-16(14)23-20(15)27/h2-5,8-9,15,17H,6-7,10-13H2,1H3,(H,21,22)(H,23,27). The highest BCUT2D eigenvalue weighted by Gasteiger charge is 2.31. The molecule has 2 unspecified atom stereocenters. The number of hydrogen-bond acceptors (Lipinski definition) is 4. The summed E-state index contributed by atoms with van der Waals surface area (Å²) in [6, 6.07) is 7.96. The number of carbonyl (C=O) groups excluding carboxylic acids is 2. The van der Waals surface area contributed by atoms with Gasteiger partial charge in [0.05, 0.1) is 6.04 Å². The molecule has 7 heteroatoms. The monoisotopic (exact) mass is 367 g/mol. The summed E-state index contributed by atoms with van der Waals surface area (Å²) >= 11 is 0. The smallest absolute Gasteiger partial charge is 0.227 e. The number of aromatic nitrogens is 2. The quantitative estimate of drug-likeness (QED) is 0.864. The predicted octanol–water partition coefficient (Wildman–Crippen LogP) is 1.82. The highest BCUT2D eigenvalue weighted by atomic mass is 16.2. The number of anilines is 1. The van der Waals surface area contributed by atoms with E-state index in [0.29, 0.717) is 32.4 Å². The van der Waals surface area contributed by atoms with E-state index in [0.717, 1.165) is 23.6 Å². The lowest BCUT2D eigenvalue weighted by atomic mass is 9.89. The molecule has 142 valence electrons. The van der Waals surface area contributed by atoms with Crippen LogP contribution in [0.15, 0.2) is 36.7 Å². The van der Waals surface area contributed by atoms with Crippen molar-refractivity contribution in [2.24, 2.45) is 5.92 Å². The van der Waals surface area contributed by atoms with E-state index in [-0.39, 0.29) is 23.8 Å². The van der Waals surface area contributed by atoms with Crippen molar-refractivity contribution in [3.8, 4) is 0 Å². The van der Waals surface area contributed by atoms with Gasteiger partial charge in [-0.3, -0.25) is 14.5 Å². The molecule has 2 aliphatic rings. The van der Waals surface area contributed by atoms with Crippen molar-refractivity contribution in [2.45, 2.75) is 25.3 Å². The first-order chi connectivity index (χ1) is 13.1. The van der Waals surface area contributed by atoms with E-state index in [9.17, 15) is 9.59 Å². The molecule has 2 aromatic rings. The Morgan fingerprint density at radius 1 is 1.30 bits per heavy atom. The molecule has 0 saturated carbocycles. The Kier molecular flexibility index (Phi) is 4.94. The normalized spacial score (nSPS) is 23.0. The molecular formula is C20H25N5O2. The number of nitrogens with zero attached hydrogens (tertiary/aromatic N) is 3. The second kappa shape index (κ2) is 7.52. The molecule has 0 bridgehead atoms. The minimum atomic E-state index is -0.141. The third-order valence-corrected chi connectivity index (χ3v) is 5.65. The number of amides is 2. The fourth-order valence-electron chi connectivity index (χ4n) is 3.96. The molecule has 4 rings (SSSR count). The molecule has 2 N–H and O–H groups in total. The van der Waals surface area contributed by atoms with Crippen molar-refractivity contribution in [3.63, 3.8) is 0 Å². The summed E-state index contributed by atoms with van der Waals surface area (Å²) in [6.07, 6.45) is 5.23. The summed E-state index contributed by atoms with van der Waals surface area (Å²) in [5.74, 6) is 0.884. The number of nitrogens with one attached hydrogen (secondary N) is 2. The van der Waals surface area contributed by atoms with E-state index >= 15 is 0 Å². The molecule has 27 heavy (non-hydrogen) atoms. The summed E-state index contributed by atoms with van der Waals surface area (Å²) in [4.78, 5) is 36.7. The van der Waals surface area contributed by atoms with E-state index in [4.69, 9.17) is 0 Å². The number of aromatic amines is 1. The van der Waals surface area contributed by atoms with E-state index < -0.39 is 0 Å². The van der Waals surface area contributed by atoms with E-state index in [1.54, 1.807) is 6.20 Å². The molecule has 1 fully saturated rings. The number of imidazole rings is 1. The molecule has 0 aliphatic carbocycles. The van der Waals surface area contributed by atoms with Gasteiger partial charge < -0.3 is 15.2 Å². The summed E-state index contributed by atoms with van der Waals surface area (Å²) in [7, 11) is 2.05. The number of H-pyrrole nitrogens is 1. The van der Waals surface area contributed by atoms with Crippen LogP contribution in [0.3, 0.4) is 0 Å². The van der Waals surface area contributed by atoms with Gasteiger partial charge in [0.15, 0.2) is 0 Å². The molecular weight excluding hydrogens is 342 g/mol. The molecule has 1 aromatic carbocycles. The first-order valence-corrected chi connectivity index (χ1v) is 9.48. The van der Waals surface area contributed by atoms with Crippen LogP contribution in [0.4, 0.5) is 5.69 Å². The fourth-order valence-corrected chi connectivity index (χ4v) is 3.96. The van der Waals surface area contributed by atoms with Crippen molar-refractivity contribution < 1.29 is 9.59 Å². The van der Waals surface area contributed by atoms with Gasteiger partial charge in [-0.05, 0) is 31.5 Å². The Hall–Kier alpha value is -2.67. The second-order valence-corrected chi connectivity index (χ2v) is 7.40. The average Bonchev–Trinajstić information content (AvgIpc) is 3.21. The van der Waals surface area contributed by atoms with Crippen molar-refractivity contribution in [1.29, 1.82) is 0 Å². The van der Waals surface area contributed by atoms with Crippen LogP contribution in [0.1, 0.15) is 30.3 Å². The third-order valence-electron chi connectivity index (χ3n) is 5.65. The van der Waals surface area contributed by atoms with Crippen molar-refractivity contribution in [2.75, 3.05) is 32.0 Å². The molecule has 0 spiro atoms. The van der Waals surface area contributed by atoms with Gasteiger partial charge >= 0.3 is 0 Å². The summed E-state index contributed by atoms with van der Waals surface area (Å²) in [5, 5.41) is 2.96. The van der Waals surface area contributed by atoms with Gasteiger partial charge in [0.25, 0.3) is 0 Å². The van der Waals surface area contributed by atoms with E-state index in [1.165, 1.54) is 0 Å². The Morgan fingerprint density at radius 3 is 2.96 bits per heavy atom. The van der Waals surface area contributed by atoms with Gasteiger partial charge in [0, 0.05) is 50.1 Å². The number of likely N-dealkylation sites (N-methyl/N-ethyl adjacent to an activating group) is 1. The van der Waals surface area contributed by atoms with Gasteiger partial charge in [0.1, 0.15) is 5.82 Å². The summed E-state index contributed by atoms with van der Waals surface area (Å²) in [5.41, 5.74) is 2.04. The maximum atomic E-state index is 12.8. The second-order valence-electron chi connectivity index (χ2n) is 7.40. The Balaban J connectivity index is 1.35. The maximum Gasteiger partial charge on any atom is 0.227 e. The zero-order valence-electron chi connectivity index (χ0n) is 15.5. The van der Waals surface area contributed by atoms with Crippen molar-refractivity contribution in [1.82, 2.24) is 19.8 Å². The Morgan fingerprint density at radius 2 is 2.15 bits per heavy atom. The largest absolute Gasteiger partial charge is 0.347 e. The molecule has 7 nitrogen and oxygen atoms in total. The van der Waals surface area contributed by atoms with Gasteiger partial charge in [-0.15, -0.1) is 0 Å². The van der Waals surface area contributed by atoms with E-state index in [2.05, 4.69) is 27.2 Å². The molecule has 2 atom stereocenters. The van der Waals surface area contributed by atoms with Crippen molar-refractivity contribution in [3.05, 3.63) is 48.0 Å². The minimum Gasteiger partial charge on any atom is -0.347 e. The van der Waals surface area contributed by atoms with E-state index in [1.807, 2.05) is 35.4 Å². The van der Waals surface area contributed by atoms with Crippen LogP contribution in [-0.2, 0) is 16.0 Å². The first kappa shape index (κ1) is 17.7. The SMILES string of the molecule is CN1CCN(C(=O)CCC2Cc3ccccc3NC2=O)CC1c1ncc[nH]1. The number of benzene rings is 1. The van der Waals surface area contributed by atoms with Crippen LogP contribution in [-0.4, -0.2) is 58.3 Å². The van der Waals surface area contributed by atoms with Crippen molar-refractivity contribution >= 4 is 17.5 Å². The highest BCUT2D eigenvalue weighted by Crippen LogP contribution is 2.28. The summed E-state index contributed by atoms with van der Waals surface area (Å²) < 4.78 is 0. The lowest BCUT2D eigenvalue weighted by molar-refractivity contribution is -0.134. The molecule has 2 aliphatic heterocycles. The maximum absolute atomic E-state index is 12.8. The zero-order valence-corrected chi connectivity index (χ0v) is 15.5. The number of fused-ring (bicyclic) bond motifs is 1. The topological polar surface area (TPSA) is 81.3 Å². The molecule has 3 heterocycles.